The van der Waals surface area contributed by atoms with Crippen LogP contribution in [0.25, 0.3) is 11.0 Å². The molecule has 1 unspecified atom stereocenters. The Morgan fingerprint density at radius 1 is 1.20 bits per heavy atom. The van der Waals surface area contributed by atoms with Crippen molar-refractivity contribution in [2.75, 3.05) is 13.6 Å². The SMILES string of the molecule is Cc1cnc2c(c1)c1c(n2CC(O)c2ccc(C)nc2)CCN(C)C1. The van der Waals surface area contributed by atoms with Gasteiger partial charge in [0.05, 0.1) is 12.6 Å². The van der Waals surface area contributed by atoms with Crippen molar-refractivity contribution in [3.05, 3.63) is 58.7 Å². The monoisotopic (exact) mass is 336 g/mol. The number of aliphatic hydroxyl groups is 1. The lowest BCUT2D eigenvalue weighted by Gasteiger charge is -2.24. The molecule has 1 aliphatic rings. The van der Waals surface area contributed by atoms with Crippen molar-refractivity contribution >= 4 is 11.0 Å². The van der Waals surface area contributed by atoms with Gasteiger partial charge < -0.3 is 14.6 Å². The van der Waals surface area contributed by atoms with E-state index in [9.17, 15) is 5.11 Å². The number of aryl methyl sites for hydroxylation is 2. The quantitative estimate of drug-likeness (QED) is 0.799. The lowest BCUT2D eigenvalue weighted by molar-refractivity contribution is 0.155. The van der Waals surface area contributed by atoms with E-state index in [1.807, 2.05) is 25.3 Å². The van der Waals surface area contributed by atoms with Gasteiger partial charge in [-0.05, 0) is 44.2 Å². The number of hydrogen-bond donors (Lipinski definition) is 1. The van der Waals surface area contributed by atoms with Crippen LogP contribution in [0.2, 0.25) is 0 Å². The summed E-state index contributed by atoms with van der Waals surface area (Å²) in [6.45, 7) is 6.51. The van der Waals surface area contributed by atoms with E-state index in [1.54, 1.807) is 6.20 Å². The Morgan fingerprint density at radius 2 is 2.04 bits per heavy atom. The maximum atomic E-state index is 10.8. The van der Waals surface area contributed by atoms with Crippen molar-refractivity contribution in [2.45, 2.75) is 39.5 Å². The Kier molecular flexibility index (Phi) is 4.06. The molecule has 0 amide bonds. The van der Waals surface area contributed by atoms with E-state index in [0.29, 0.717) is 6.54 Å². The summed E-state index contributed by atoms with van der Waals surface area (Å²) in [4.78, 5) is 11.3. The van der Waals surface area contributed by atoms with E-state index in [0.717, 1.165) is 36.4 Å². The summed E-state index contributed by atoms with van der Waals surface area (Å²) in [5, 5.41) is 12.0. The van der Waals surface area contributed by atoms with Crippen LogP contribution in [0, 0.1) is 13.8 Å². The number of aliphatic hydroxyl groups excluding tert-OH is 1. The van der Waals surface area contributed by atoms with Gasteiger partial charge in [-0.25, -0.2) is 4.98 Å². The van der Waals surface area contributed by atoms with Gasteiger partial charge in [0.1, 0.15) is 5.65 Å². The Morgan fingerprint density at radius 3 is 2.80 bits per heavy atom. The van der Waals surface area contributed by atoms with E-state index in [4.69, 9.17) is 0 Å². The number of aromatic nitrogens is 3. The zero-order valence-corrected chi connectivity index (χ0v) is 15.0. The smallest absolute Gasteiger partial charge is 0.140 e. The minimum absolute atomic E-state index is 0.510. The average molecular weight is 336 g/mol. The van der Waals surface area contributed by atoms with Crippen LogP contribution in [0.3, 0.4) is 0 Å². The van der Waals surface area contributed by atoms with Gasteiger partial charge in [0.2, 0.25) is 0 Å². The highest BCUT2D eigenvalue weighted by Crippen LogP contribution is 2.31. The van der Waals surface area contributed by atoms with E-state index in [-0.39, 0.29) is 0 Å². The summed E-state index contributed by atoms with van der Waals surface area (Å²) in [6.07, 6.45) is 4.08. The highest BCUT2D eigenvalue weighted by Gasteiger charge is 2.24. The second-order valence-electron chi connectivity index (χ2n) is 7.16. The molecule has 4 heterocycles. The Balaban J connectivity index is 1.77. The highest BCUT2D eigenvalue weighted by atomic mass is 16.3. The Bertz CT molecular complexity index is 914. The molecule has 3 aromatic rings. The second kappa shape index (κ2) is 6.24. The molecular weight excluding hydrogens is 312 g/mol. The summed E-state index contributed by atoms with van der Waals surface area (Å²) in [5.74, 6) is 0. The molecule has 1 aliphatic heterocycles. The summed E-state index contributed by atoms with van der Waals surface area (Å²) in [7, 11) is 2.15. The third-order valence-electron chi connectivity index (χ3n) is 5.09. The summed E-state index contributed by atoms with van der Waals surface area (Å²) < 4.78 is 2.21. The van der Waals surface area contributed by atoms with Gasteiger partial charge in [-0.3, -0.25) is 4.98 Å². The molecular formula is C20H24N4O. The van der Waals surface area contributed by atoms with Gasteiger partial charge >= 0.3 is 0 Å². The van der Waals surface area contributed by atoms with Gasteiger partial charge in [-0.1, -0.05) is 6.07 Å². The van der Waals surface area contributed by atoms with Gasteiger partial charge in [0.15, 0.2) is 0 Å². The van der Waals surface area contributed by atoms with E-state index in [1.165, 1.54) is 22.2 Å². The number of rotatable bonds is 3. The first-order valence-electron chi connectivity index (χ1n) is 8.78. The summed E-state index contributed by atoms with van der Waals surface area (Å²) >= 11 is 0. The molecule has 0 aromatic carbocycles. The first-order chi connectivity index (χ1) is 12.0. The molecule has 0 bridgehead atoms. The first-order valence-corrected chi connectivity index (χ1v) is 8.78. The molecule has 0 saturated heterocycles. The molecule has 1 atom stereocenters. The number of pyridine rings is 2. The fourth-order valence-corrected chi connectivity index (χ4v) is 3.70. The number of likely N-dealkylation sites (N-methyl/N-ethyl adjacent to an activating group) is 1. The largest absolute Gasteiger partial charge is 0.386 e. The predicted molar refractivity (Wildman–Crippen MR) is 98.4 cm³/mol. The molecule has 5 heteroatoms. The van der Waals surface area contributed by atoms with Crippen LogP contribution >= 0.6 is 0 Å². The maximum absolute atomic E-state index is 10.8. The molecule has 0 saturated carbocycles. The summed E-state index contributed by atoms with van der Waals surface area (Å²) in [6, 6.07) is 6.12. The zero-order chi connectivity index (χ0) is 17.6. The van der Waals surface area contributed by atoms with Gasteiger partial charge in [0, 0.05) is 54.2 Å². The van der Waals surface area contributed by atoms with Gasteiger partial charge in [-0.15, -0.1) is 0 Å². The van der Waals surface area contributed by atoms with Crippen LogP contribution in [-0.4, -0.2) is 38.1 Å². The topological polar surface area (TPSA) is 54.2 Å². The van der Waals surface area contributed by atoms with Crippen LogP contribution in [0.15, 0.2) is 30.6 Å². The molecule has 0 fully saturated rings. The van der Waals surface area contributed by atoms with Crippen molar-refractivity contribution in [3.63, 3.8) is 0 Å². The third kappa shape index (κ3) is 2.94. The zero-order valence-electron chi connectivity index (χ0n) is 15.0. The number of fused-ring (bicyclic) bond motifs is 3. The van der Waals surface area contributed by atoms with E-state index >= 15 is 0 Å². The lowest BCUT2D eigenvalue weighted by Crippen LogP contribution is -2.27. The van der Waals surface area contributed by atoms with Gasteiger partial charge in [0.25, 0.3) is 0 Å². The number of nitrogens with zero attached hydrogens (tertiary/aromatic N) is 4. The fourth-order valence-electron chi connectivity index (χ4n) is 3.70. The highest BCUT2D eigenvalue weighted by molar-refractivity contribution is 5.83. The minimum atomic E-state index is -0.587. The second-order valence-corrected chi connectivity index (χ2v) is 7.16. The molecule has 0 radical (unpaired) electrons. The van der Waals surface area contributed by atoms with E-state index < -0.39 is 6.10 Å². The molecule has 130 valence electrons. The summed E-state index contributed by atoms with van der Waals surface area (Å²) in [5.41, 5.74) is 6.62. The fraction of sp³-hybridized carbons (Fsp3) is 0.400. The average Bonchev–Trinajstić information content (AvgIpc) is 2.88. The van der Waals surface area contributed by atoms with Crippen molar-refractivity contribution < 1.29 is 5.11 Å². The molecule has 25 heavy (non-hydrogen) atoms. The first kappa shape index (κ1) is 16.2. The molecule has 4 rings (SSSR count). The van der Waals surface area contributed by atoms with Gasteiger partial charge in [-0.2, -0.15) is 0 Å². The van der Waals surface area contributed by atoms with Crippen LogP contribution < -0.4 is 0 Å². The maximum Gasteiger partial charge on any atom is 0.140 e. The van der Waals surface area contributed by atoms with Crippen molar-refractivity contribution in [1.82, 2.24) is 19.4 Å². The van der Waals surface area contributed by atoms with Crippen LogP contribution in [-0.2, 0) is 19.5 Å². The molecule has 0 spiro atoms. The van der Waals surface area contributed by atoms with Crippen LogP contribution in [0.4, 0.5) is 0 Å². The molecule has 5 nitrogen and oxygen atoms in total. The van der Waals surface area contributed by atoms with Crippen molar-refractivity contribution in [1.29, 1.82) is 0 Å². The van der Waals surface area contributed by atoms with E-state index in [2.05, 4.69) is 39.5 Å². The number of hydrogen-bond acceptors (Lipinski definition) is 4. The van der Waals surface area contributed by atoms with Crippen molar-refractivity contribution in [2.24, 2.45) is 0 Å². The standard InChI is InChI=1S/C20H24N4O/c1-13-8-16-17-11-23(3)7-6-18(17)24(20(16)22-9-13)12-19(25)15-5-4-14(2)21-10-15/h4-5,8-10,19,25H,6-7,11-12H2,1-3H3. The third-order valence-corrected chi connectivity index (χ3v) is 5.09. The predicted octanol–water partition coefficient (Wildman–Crippen LogP) is 2.77. The minimum Gasteiger partial charge on any atom is -0.386 e. The lowest BCUT2D eigenvalue weighted by atomic mass is 10.0. The molecule has 0 aliphatic carbocycles. The van der Waals surface area contributed by atoms with Crippen molar-refractivity contribution in [3.8, 4) is 0 Å². The Labute approximate surface area is 147 Å². The normalized spacial score (nSPS) is 16.2. The molecule has 3 aromatic heterocycles. The van der Waals surface area contributed by atoms with Crippen LogP contribution in [0.5, 0.6) is 0 Å². The Hall–Kier alpha value is -2.24. The van der Waals surface area contributed by atoms with Crippen LogP contribution in [0.1, 0.15) is 34.2 Å². The molecule has 1 N–H and O–H groups in total.